The van der Waals surface area contributed by atoms with Crippen molar-refractivity contribution in [3.63, 3.8) is 0 Å². The van der Waals surface area contributed by atoms with Crippen LogP contribution in [0.4, 0.5) is 0 Å². The Kier molecular flexibility index (Phi) is 6.56. The van der Waals surface area contributed by atoms with Crippen molar-refractivity contribution in [3.05, 3.63) is 29.8 Å². The molecule has 0 saturated heterocycles. The maximum atomic E-state index is 11.6. The molecule has 2 amide bonds. The van der Waals surface area contributed by atoms with Gasteiger partial charge in [0, 0.05) is 18.9 Å². The highest BCUT2D eigenvalue weighted by Gasteiger charge is 2.10. The zero-order valence-corrected chi connectivity index (χ0v) is 12.0. The Balaban J connectivity index is 2.26. The van der Waals surface area contributed by atoms with Gasteiger partial charge in [-0.05, 0) is 30.5 Å². The highest BCUT2D eigenvalue weighted by atomic mass is 16.5. The molecule has 1 aromatic carbocycles. The summed E-state index contributed by atoms with van der Waals surface area (Å²) in [5, 5.41) is 2.83. The van der Waals surface area contributed by atoms with E-state index in [0.29, 0.717) is 19.4 Å². The van der Waals surface area contributed by atoms with Crippen LogP contribution in [0.25, 0.3) is 0 Å². The maximum absolute atomic E-state index is 11.6. The number of hydrogen-bond acceptors (Lipinski definition) is 3. The highest BCUT2D eigenvalue weighted by Crippen LogP contribution is 2.12. The lowest BCUT2D eigenvalue weighted by Crippen LogP contribution is -2.27. The number of nitrogens with two attached hydrogens (primary N) is 1. The highest BCUT2D eigenvalue weighted by molar-refractivity contribution is 5.79. The number of carbonyl (C=O) groups is 2. The van der Waals surface area contributed by atoms with E-state index in [9.17, 15) is 9.59 Å². The van der Waals surface area contributed by atoms with E-state index in [1.54, 1.807) is 14.0 Å². The fourth-order valence-electron chi connectivity index (χ4n) is 1.75. The Labute approximate surface area is 119 Å². The van der Waals surface area contributed by atoms with Crippen molar-refractivity contribution in [2.24, 2.45) is 11.7 Å². The van der Waals surface area contributed by atoms with Gasteiger partial charge in [-0.25, -0.2) is 0 Å². The second kappa shape index (κ2) is 8.19. The largest absolute Gasteiger partial charge is 0.497 e. The van der Waals surface area contributed by atoms with Crippen LogP contribution >= 0.6 is 0 Å². The molecule has 3 N–H and O–H groups in total. The van der Waals surface area contributed by atoms with E-state index in [-0.39, 0.29) is 17.7 Å². The fourth-order valence-corrected chi connectivity index (χ4v) is 1.75. The van der Waals surface area contributed by atoms with Crippen molar-refractivity contribution in [1.82, 2.24) is 5.32 Å². The Bertz CT molecular complexity index is 460. The molecule has 5 heteroatoms. The Morgan fingerprint density at radius 1 is 1.40 bits per heavy atom. The summed E-state index contributed by atoms with van der Waals surface area (Å²) < 4.78 is 5.14. The number of benzene rings is 1. The van der Waals surface area contributed by atoms with E-state index in [0.717, 1.165) is 17.7 Å². The number of hydrogen-bond donors (Lipinski definition) is 2. The molecule has 0 aliphatic carbocycles. The average Bonchev–Trinajstić information content (AvgIpc) is 2.44. The second-order valence-corrected chi connectivity index (χ2v) is 4.79. The molecular formula is C15H22N2O3. The Hall–Kier alpha value is -2.04. The van der Waals surface area contributed by atoms with Crippen LogP contribution in [0.3, 0.4) is 0 Å². The van der Waals surface area contributed by atoms with Gasteiger partial charge in [0.05, 0.1) is 7.11 Å². The van der Waals surface area contributed by atoms with Crippen LogP contribution in [0.2, 0.25) is 0 Å². The molecule has 20 heavy (non-hydrogen) atoms. The van der Waals surface area contributed by atoms with E-state index >= 15 is 0 Å². The zero-order valence-electron chi connectivity index (χ0n) is 12.0. The first kappa shape index (κ1) is 16.0. The van der Waals surface area contributed by atoms with Gasteiger partial charge in [0.1, 0.15) is 5.75 Å². The van der Waals surface area contributed by atoms with E-state index in [1.165, 1.54) is 0 Å². The SMILES string of the molecule is COc1cccc(CCNC(=O)CC[C@H](C)C(N)=O)c1. The van der Waals surface area contributed by atoms with Crippen LogP contribution in [0, 0.1) is 5.92 Å². The van der Waals surface area contributed by atoms with Crippen LogP contribution in [0.1, 0.15) is 25.3 Å². The lowest BCUT2D eigenvalue weighted by Gasteiger charge is -2.08. The molecule has 1 aromatic rings. The molecule has 0 heterocycles. The first-order valence-corrected chi connectivity index (χ1v) is 6.72. The molecule has 0 aliphatic rings. The normalized spacial score (nSPS) is 11.7. The van der Waals surface area contributed by atoms with Crippen LogP contribution in [0.15, 0.2) is 24.3 Å². The van der Waals surface area contributed by atoms with Crippen molar-refractivity contribution >= 4 is 11.8 Å². The summed E-state index contributed by atoms with van der Waals surface area (Å²) >= 11 is 0. The first-order valence-electron chi connectivity index (χ1n) is 6.72. The van der Waals surface area contributed by atoms with Crippen molar-refractivity contribution in [1.29, 1.82) is 0 Å². The summed E-state index contributed by atoms with van der Waals surface area (Å²) in [5.41, 5.74) is 6.25. The summed E-state index contributed by atoms with van der Waals surface area (Å²) in [5.74, 6) is 0.124. The number of primary amides is 1. The quantitative estimate of drug-likeness (QED) is 0.751. The topological polar surface area (TPSA) is 81.4 Å². The van der Waals surface area contributed by atoms with E-state index in [2.05, 4.69) is 5.32 Å². The lowest BCUT2D eigenvalue weighted by molar-refractivity contribution is -0.123. The van der Waals surface area contributed by atoms with Gasteiger partial charge in [0.15, 0.2) is 0 Å². The second-order valence-electron chi connectivity index (χ2n) is 4.79. The monoisotopic (exact) mass is 278 g/mol. The van der Waals surface area contributed by atoms with E-state index in [1.807, 2.05) is 24.3 Å². The molecular weight excluding hydrogens is 256 g/mol. The molecule has 0 spiro atoms. The lowest BCUT2D eigenvalue weighted by atomic mass is 10.1. The van der Waals surface area contributed by atoms with Gasteiger partial charge in [0.2, 0.25) is 11.8 Å². The van der Waals surface area contributed by atoms with Crippen LogP contribution in [-0.2, 0) is 16.0 Å². The third-order valence-electron chi connectivity index (χ3n) is 3.16. The smallest absolute Gasteiger partial charge is 0.220 e. The van der Waals surface area contributed by atoms with Gasteiger partial charge in [-0.1, -0.05) is 19.1 Å². The minimum absolute atomic E-state index is 0.0546. The number of methoxy groups -OCH3 is 1. The predicted molar refractivity (Wildman–Crippen MR) is 77.3 cm³/mol. The Morgan fingerprint density at radius 3 is 2.80 bits per heavy atom. The molecule has 0 aliphatic heterocycles. The molecule has 0 unspecified atom stereocenters. The predicted octanol–water partition coefficient (Wildman–Crippen LogP) is 1.26. The summed E-state index contributed by atoms with van der Waals surface area (Å²) in [7, 11) is 1.63. The van der Waals surface area contributed by atoms with Crippen molar-refractivity contribution < 1.29 is 14.3 Å². The average molecular weight is 278 g/mol. The molecule has 110 valence electrons. The third-order valence-corrected chi connectivity index (χ3v) is 3.16. The molecule has 0 radical (unpaired) electrons. The first-order chi connectivity index (χ1) is 9.52. The maximum Gasteiger partial charge on any atom is 0.220 e. The van der Waals surface area contributed by atoms with Gasteiger partial charge < -0.3 is 15.8 Å². The van der Waals surface area contributed by atoms with Crippen molar-refractivity contribution in [2.45, 2.75) is 26.2 Å². The minimum Gasteiger partial charge on any atom is -0.497 e. The van der Waals surface area contributed by atoms with Gasteiger partial charge in [0.25, 0.3) is 0 Å². The molecule has 1 rings (SSSR count). The summed E-state index contributed by atoms with van der Waals surface area (Å²) in [6.07, 6.45) is 1.55. The number of carbonyl (C=O) groups excluding carboxylic acids is 2. The van der Waals surface area contributed by atoms with Gasteiger partial charge in [-0.2, -0.15) is 0 Å². The molecule has 0 saturated carbocycles. The van der Waals surface area contributed by atoms with Gasteiger partial charge in [-0.3, -0.25) is 9.59 Å². The van der Waals surface area contributed by atoms with Crippen LogP contribution in [-0.4, -0.2) is 25.5 Å². The van der Waals surface area contributed by atoms with Crippen LogP contribution in [0.5, 0.6) is 5.75 Å². The molecule has 5 nitrogen and oxygen atoms in total. The number of ether oxygens (including phenoxy) is 1. The van der Waals surface area contributed by atoms with E-state index in [4.69, 9.17) is 10.5 Å². The standard InChI is InChI=1S/C15H22N2O3/c1-11(15(16)19)6-7-14(18)17-9-8-12-4-3-5-13(10-12)20-2/h3-5,10-11H,6-9H2,1-2H3,(H2,16,19)(H,17,18)/t11-/m0/s1. The van der Waals surface area contributed by atoms with E-state index < -0.39 is 0 Å². The Morgan fingerprint density at radius 2 is 2.15 bits per heavy atom. The van der Waals surface area contributed by atoms with Crippen molar-refractivity contribution in [2.75, 3.05) is 13.7 Å². The summed E-state index contributed by atoms with van der Waals surface area (Å²) in [4.78, 5) is 22.4. The van der Waals surface area contributed by atoms with Crippen molar-refractivity contribution in [3.8, 4) is 5.75 Å². The van der Waals surface area contributed by atoms with Crippen LogP contribution < -0.4 is 15.8 Å². The molecule has 0 aromatic heterocycles. The van der Waals surface area contributed by atoms with Gasteiger partial charge >= 0.3 is 0 Å². The van der Waals surface area contributed by atoms with Gasteiger partial charge in [-0.15, -0.1) is 0 Å². The number of nitrogens with one attached hydrogen (secondary N) is 1. The third kappa shape index (κ3) is 5.73. The number of amides is 2. The molecule has 1 atom stereocenters. The molecule has 0 bridgehead atoms. The molecule has 0 fully saturated rings. The summed E-state index contributed by atoms with van der Waals surface area (Å²) in [6, 6.07) is 7.74. The number of rotatable bonds is 8. The zero-order chi connectivity index (χ0) is 15.0. The fraction of sp³-hybridized carbons (Fsp3) is 0.467. The summed E-state index contributed by atoms with van der Waals surface area (Å²) in [6.45, 7) is 2.29. The minimum atomic E-state index is -0.366.